The minimum atomic E-state index is -0.129. The normalized spacial score (nSPS) is 16.8. The Kier molecular flexibility index (Phi) is 5.08. The minimum Gasteiger partial charge on any atom is -0.496 e. The second-order valence-corrected chi connectivity index (χ2v) is 6.49. The van der Waals surface area contributed by atoms with Gasteiger partial charge in [-0.15, -0.1) is 0 Å². The molecule has 1 aliphatic heterocycles. The third-order valence-corrected chi connectivity index (χ3v) is 4.29. The molecule has 1 atom stereocenters. The lowest BCUT2D eigenvalue weighted by molar-refractivity contribution is 0.0766. The van der Waals surface area contributed by atoms with Gasteiger partial charge in [-0.1, -0.05) is 11.6 Å². The zero-order valence-corrected chi connectivity index (χ0v) is 15.2. The zero-order chi connectivity index (χ0) is 18.0. The van der Waals surface area contributed by atoms with E-state index in [9.17, 15) is 4.79 Å². The minimum absolute atomic E-state index is 0.119. The van der Waals surface area contributed by atoms with Gasteiger partial charge in [-0.3, -0.25) is 4.79 Å². The quantitative estimate of drug-likeness (QED) is 0.837. The molecule has 0 bridgehead atoms. The average molecular weight is 362 g/mol. The summed E-state index contributed by atoms with van der Waals surface area (Å²) in [6, 6.07) is 7.28. The largest absolute Gasteiger partial charge is 0.496 e. The number of carbonyl (C=O) groups excluding carboxylic acids is 1. The molecule has 7 heteroatoms. The van der Waals surface area contributed by atoms with E-state index < -0.39 is 0 Å². The Hall–Kier alpha value is -2.34. The maximum atomic E-state index is 12.8. The first kappa shape index (κ1) is 17.5. The van der Waals surface area contributed by atoms with Gasteiger partial charge in [-0.25, -0.2) is 9.97 Å². The number of amides is 1. The summed E-state index contributed by atoms with van der Waals surface area (Å²) in [6.07, 6.45) is 0.598. The van der Waals surface area contributed by atoms with Crippen LogP contribution in [0.1, 0.15) is 28.2 Å². The van der Waals surface area contributed by atoms with Crippen molar-refractivity contribution in [2.45, 2.75) is 26.4 Å². The summed E-state index contributed by atoms with van der Waals surface area (Å²) in [7, 11) is 1.54. The molecule has 1 aromatic heterocycles. The van der Waals surface area contributed by atoms with E-state index in [4.69, 9.17) is 21.1 Å². The van der Waals surface area contributed by atoms with Crippen LogP contribution in [0.3, 0.4) is 0 Å². The fraction of sp³-hybridized carbons (Fsp3) is 0.389. The lowest BCUT2D eigenvalue weighted by Crippen LogP contribution is -2.31. The maximum absolute atomic E-state index is 12.8. The number of nitrogens with zero attached hydrogens (tertiary/aromatic N) is 3. The Labute approximate surface area is 151 Å². The van der Waals surface area contributed by atoms with Crippen LogP contribution in [0, 0.1) is 13.8 Å². The number of aromatic nitrogens is 2. The van der Waals surface area contributed by atoms with E-state index in [0.29, 0.717) is 35.4 Å². The molecule has 6 nitrogen and oxygen atoms in total. The van der Waals surface area contributed by atoms with Crippen LogP contribution in [0.2, 0.25) is 5.02 Å². The number of aryl methyl sites for hydroxylation is 2. The number of hydrogen-bond acceptors (Lipinski definition) is 5. The lowest BCUT2D eigenvalue weighted by atomic mass is 10.1. The average Bonchev–Trinajstić information content (AvgIpc) is 3.01. The Morgan fingerprint density at radius 3 is 2.64 bits per heavy atom. The predicted octanol–water partition coefficient (Wildman–Crippen LogP) is 3.05. The Morgan fingerprint density at radius 2 is 1.96 bits per heavy atom. The summed E-state index contributed by atoms with van der Waals surface area (Å²) in [4.78, 5) is 23.1. The first-order valence-corrected chi connectivity index (χ1v) is 8.46. The molecule has 25 heavy (non-hydrogen) atoms. The van der Waals surface area contributed by atoms with E-state index in [1.165, 1.54) is 7.11 Å². The van der Waals surface area contributed by atoms with Crippen LogP contribution in [0.4, 0.5) is 0 Å². The van der Waals surface area contributed by atoms with Crippen molar-refractivity contribution < 1.29 is 14.3 Å². The Balaban J connectivity index is 1.70. The number of rotatable bonds is 4. The topological polar surface area (TPSA) is 64.5 Å². The molecule has 132 valence electrons. The van der Waals surface area contributed by atoms with Crippen molar-refractivity contribution >= 4 is 17.5 Å². The van der Waals surface area contributed by atoms with Crippen molar-refractivity contribution in [2.75, 3.05) is 20.2 Å². The van der Waals surface area contributed by atoms with Gasteiger partial charge < -0.3 is 14.4 Å². The predicted molar refractivity (Wildman–Crippen MR) is 94.4 cm³/mol. The molecule has 1 fully saturated rings. The number of carbonyl (C=O) groups is 1. The number of benzene rings is 1. The molecule has 2 aromatic rings. The SMILES string of the molecule is COc1ccc(Cl)cc1C(=O)N1CC[C@H](Oc2nc(C)cc(C)n2)C1. The highest BCUT2D eigenvalue weighted by molar-refractivity contribution is 6.31. The zero-order valence-electron chi connectivity index (χ0n) is 14.5. The summed E-state index contributed by atoms with van der Waals surface area (Å²) < 4.78 is 11.1. The van der Waals surface area contributed by atoms with Crippen molar-refractivity contribution in [1.29, 1.82) is 0 Å². The highest BCUT2D eigenvalue weighted by Gasteiger charge is 2.30. The molecule has 0 radical (unpaired) electrons. The molecule has 0 spiro atoms. The molecule has 2 heterocycles. The summed E-state index contributed by atoms with van der Waals surface area (Å²) in [6.45, 7) is 4.88. The van der Waals surface area contributed by atoms with Gasteiger partial charge >= 0.3 is 6.01 Å². The summed E-state index contributed by atoms with van der Waals surface area (Å²) in [5.41, 5.74) is 2.17. The Bertz CT molecular complexity index is 777. The third-order valence-electron chi connectivity index (χ3n) is 4.06. The summed E-state index contributed by atoms with van der Waals surface area (Å²) in [5, 5.41) is 0.500. The van der Waals surface area contributed by atoms with E-state index in [0.717, 1.165) is 17.8 Å². The first-order valence-electron chi connectivity index (χ1n) is 8.08. The van der Waals surface area contributed by atoms with Crippen molar-refractivity contribution in [3.8, 4) is 11.8 Å². The second kappa shape index (κ2) is 7.27. The molecule has 3 rings (SSSR count). The van der Waals surface area contributed by atoms with Crippen LogP contribution >= 0.6 is 11.6 Å². The number of hydrogen-bond donors (Lipinski definition) is 0. The molecule has 0 unspecified atom stereocenters. The fourth-order valence-corrected chi connectivity index (χ4v) is 3.09. The van der Waals surface area contributed by atoms with Gasteiger partial charge in [0.1, 0.15) is 11.9 Å². The van der Waals surface area contributed by atoms with Crippen LogP contribution in [0.25, 0.3) is 0 Å². The smallest absolute Gasteiger partial charge is 0.317 e. The molecule has 0 saturated carbocycles. The number of halogens is 1. The van der Waals surface area contributed by atoms with Gasteiger partial charge in [0.15, 0.2) is 0 Å². The summed E-state index contributed by atoms with van der Waals surface area (Å²) >= 11 is 6.02. The fourth-order valence-electron chi connectivity index (χ4n) is 2.92. The molecule has 0 aliphatic carbocycles. The molecule has 1 aliphatic rings. The van der Waals surface area contributed by atoms with E-state index in [1.54, 1.807) is 23.1 Å². The van der Waals surface area contributed by atoms with Crippen molar-refractivity contribution in [1.82, 2.24) is 14.9 Å². The molecule has 0 N–H and O–H groups in total. The van der Waals surface area contributed by atoms with Crippen molar-refractivity contribution in [2.24, 2.45) is 0 Å². The highest BCUT2D eigenvalue weighted by atomic mass is 35.5. The van der Waals surface area contributed by atoms with E-state index in [2.05, 4.69) is 9.97 Å². The summed E-state index contributed by atoms with van der Waals surface area (Å²) in [5.74, 6) is 0.392. The molecular formula is C18H20ClN3O3. The monoisotopic (exact) mass is 361 g/mol. The van der Waals surface area contributed by atoms with Crippen molar-refractivity contribution in [3.05, 3.63) is 46.2 Å². The lowest BCUT2D eigenvalue weighted by Gasteiger charge is -2.18. The van der Waals surface area contributed by atoms with E-state index in [1.807, 2.05) is 19.9 Å². The van der Waals surface area contributed by atoms with Crippen LogP contribution in [-0.4, -0.2) is 47.1 Å². The van der Waals surface area contributed by atoms with Gasteiger partial charge in [-0.2, -0.15) is 0 Å². The number of likely N-dealkylation sites (tertiary alicyclic amines) is 1. The highest BCUT2D eigenvalue weighted by Crippen LogP contribution is 2.26. The molecule has 1 aromatic carbocycles. The van der Waals surface area contributed by atoms with E-state index >= 15 is 0 Å². The van der Waals surface area contributed by atoms with Crippen LogP contribution in [0.5, 0.6) is 11.8 Å². The van der Waals surface area contributed by atoms with Crippen LogP contribution in [0.15, 0.2) is 24.3 Å². The van der Waals surface area contributed by atoms with Gasteiger partial charge in [0.2, 0.25) is 0 Å². The first-order chi connectivity index (χ1) is 12.0. The van der Waals surface area contributed by atoms with Crippen LogP contribution < -0.4 is 9.47 Å². The van der Waals surface area contributed by atoms with Crippen molar-refractivity contribution in [3.63, 3.8) is 0 Å². The number of methoxy groups -OCH3 is 1. The van der Waals surface area contributed by atoms with Gasteiger partial charge in [0.25, 0.3) is 5.91 Å². The van der Waals surface area contributed by atoms with Crippen LogP contribution in [-0.2, 0) is 0 Å². The molecule has 1 saturated heterocycles. The molecule has 1 amide bonds. The maximum Gasteiger partial charge on any atom is 0.317 e. The standard InChI is InChI=1S/C18H20ClN3O3/c1-11-8-12(2)21-18(20-11)25-14-6-7-22(10-14)17(23)15-9-13(19)4-5-16(15)24-3/h4-5,8-9,14H,6-7,10H2,1-3H3/t14-/m0/s1. The molecular weight excluding hydrogens is 342 g/mol. The van der Waals surface area contributed by atoms with Gasteiger partial charge in [-0.05, 0) is 38.1 Å². The third kappa shape index (κ3) is 4.02. The van der Waals surface area contributed by atoms with Gasteiger partial charge in [0.05, 0.1) is 19.2 Å². The Morgan fingerprint density at radius 1 is 1.24 bits per heavy atom. The van der Waals surface area contributed by atoms with E-state index in [-0.39, 0.29) is 12.0 Å². The van der Waals surface area contributed by atoms with Gasteiger partial charge in [0, 0.05) is 29.4 Å². The number of ether oxygens (including phenoxy) is 2. The second-order valence-electron chi connectivity index (χ2n) is 6.06.